The van der Waals surface area contributed by atoms with E-state index in [1.54, 1.807) is 0 Å². The molecule has 4 nitrogen and oxygen atoms in total. The van der Waals surface area contributed by atoms with Crippen LogP contribution in [-0.4, -0.2) is 15.8 Å². The average molecular weight is 380 g/mol. The zero-order valence-electron chi connectivity index (χ0n) is 13.6. The maximum atomic E-state index is 13.1. The zero-order valence-corrected chi connectivity index (χ0v) is 14.4. The molecule has 26 heavy (non-hydrogen) atoms. The highest BCUT2D eigenvalue weighted by molar-refractivity contribution is 7.78. The highest BCUT2D eigenvalue weighted by atomic mass is 32.1. The maximum absolute atomic E-state index is 13.1. The molecular formula is C18H15F3N2O2S. The predicted octanol–water partition coefficient (Wildman–Crippen LogP) is 4.52. The molecule has 1 saturated carbocycles. The van der Waals surface area contributed by atoms with E-state index in [2.05, 4.69) is 17.2 Å². The van der Waals surface area contributed by atoms with Gasteiger partial charge in [0, 0.05) is 6.20 Å². The Bertz CT molecular complexity index is 890. The fourth-order valence-electron chi connectivity index (χ4n) is 2.86. The number of hydrogen-bond donors (Lipinski definition) is 0. The van der Waals surface area contributed by atoms with Crippen molar-refractivity contribution in [1.29, 1.82) is 0 Å². The topological polar surface area (TPSA) is 43.6 Å². The maximum Gasteiger partial charge on any atom is 0.417 e. The molecule has 0 spiro atoms. The Kier molecular flexibility index (Phi) is 5.36. The number of thiocarbonyl (C=S) groups is 1. The molecule has 1 fully saturated rings. The number of hydrogen-bond acceptors (Lipinski definition) is 4. The van der Waals surface area contributed by atoms with E-state index >= 15 is 0 Å². The third-order valence-corrected chi connectivity index (χ3v) is 4.45. The molecule has 0 saturated heterocycles. The van der Waals surface area contributed by atoms with Crippen LogP contribution in [0.3, 0.4) is 0 Å². The number of ether oxygens (including phenoxy) is 1. The first-order valence-corrected chi connectivity index (χ1v) is 8.38. The molecule has 0 radical (unpaired) electrons. The van der Waals surface area contributed by atoms with E-state index in [-0.39, 0.29) is 11.8 Å². The van der Waals surface area contributed by atoms with Gasteiger partial charge in [0.1, 0.15) is 5.69 Å². The number of rotatable bonds is 5. The molecule has 1 aliphatic carbocycles. The van der Waals surface area contributed by atoms with Gasteiger partial charge in [0.25, 0.3) is 5.56 Å². The molecule has 0 amide bonds. The first kappa shape index (κ1) is 18.5. The molecular weight excluding hydrogens is 365 g/mol. The minimum atomic E-state index is -4.59. The number of isothiocyanates is 1. The molecule has 2 atom stereocenters. The molecule has 0 unspecified atom stereocenters. The lowest BCUT2D eigenvalue weighted by atomic mass is 9.88. The van der Waals surface area contributed by atoms with Gasteiger partial charge in [-0.15, -0.1) is 0 Å². The summed E-state index contributed by atoms with van der Waals surface area (Å²) < 4.78 is 46.3. The van der Waals surface area contributed by atoms with Crippen LogP contribution < -0.4 is 5.56 Å². The van der Waals surface area contributed by atoms with Gasteiger partial charge in [0.15, 0.2) is 0 Å². The fourth-order valence-corrected chi connectivity index (χ4v) is 2.96. The van der Waals surface area contributed by atoms with E-state index in [1.165, 1.54) is 0 Å². The molecule has 2 aromatic rings. The predicted molar refractivity (Wildman–Crippen MR) is 93.7 cm³/mol. The van der Waals surface area contributed by atoms with Gasteiger partial charge >= 0.3 is 6.18 Å². The number of benzene rings is 1. The fraction of sp³-hybridized carbons (Fsp3) is 0.333. The Morgan fingerprint density at radius 1 is 1.27 bits per heavy atom. The van der Waals surface area contributed by atoms with E-state index in [0.717, 1.165) is 16.3 Å². The Morgan fingerprint density at radius 3 is 2.58 bits per heavy atom. The van der Waals surface area contributed by atoms with Crippen molar-refractivity contribution in [2.75, 3.05) is 0 Å². The highest BCUT2D eigenvalue weighted by Gasteiger charge is 2.37. The van der Waals surface area contributed by atoms with Crippen molar-refractivity contribution in [3.63, 3.8) is 0 Å². The summed E-state index contributed by atoms with van der Waals surface area (Å²) in [6, 6.07) is 9.67. The van der Waals surface area contributed by atoms with Gasteiger partial charge in [0.2, 0.25) is 0 Å². The van der Waals surface area contributed by atoms with Crippen molar-refractivity contribution >= 4 is 23.1 Å². The van der Waals surface area contributed by atoms with Crippen molar-refractivity contribution < 1.29 is 17.9 Å². The minimum absolute atomic E-state index is 0.333. The van der Waals surface area contributed by atoms with Gasteiger partial charge in [0.05, 0.1) is 29.5 Å². The van der Waals surface area contributed by atoms with Crippen LogP contribution in [0.2, 0.25) is 0 Å². The van der Waals surface area contributed by atoms with Crippen molar-refractivity contribution in [1.82, 2.24) is 4.57 Å². The van der Waals surface area contributed by atoms with Gasteiger partial charge in [-0.25, -0.2) is 0 Å². The molecule has 3 rings (SSSR count). The van der Waals surface area contributed by atoms with Gasteiger partial charge < -0.3 is 9.30 Å². The van der Waals surface area contributed by atoms with E-state index in [0.29, 0.717) is 25.5 Å². The second-order valence-corrected chi connectivity index (χ2v) is 6.19. The summed E-state index contributed by atoms with van der Waals surface area (Å²) in [5.41, 5.74) is -0.993. The summed E-state index contributed by atoms with van der Waals surface area (Å²) >= 11 is 4.43. The third kappa shape index (κ3) is 3.93. The Labute approximate surface area is 152 Å². The number of nitrogens with zero attached hydrogens (tertiary/aromatic N) is 2. The largest absolute Gasteiger partial charge is 0.417 e. The van der Waals surface area contributed by atoms with Crippen LogP contribution in [0.25, 0.3) is 0 Å². The standard InChI is InChI=1S/C18H15F3N2O2S/c19-18(20,21)13-8-14(22-11-26)17(24)23(9-13)15-6-7-16(15)25-10-12-4-2-1-3-5-12/h1-5,8-9,15-16H,6-7,10H2/t15-,16-/m0/s1. The van der Waals surface area contributed by atoms with Crippen LogP contribution >= 0.6 is 12.2 Å². The summed E-state index contributed by atoms with van der Waals surface area (Å²) in [6.45, 7) is 0.334. The zero-order chi connectivity index (χ0) is 18.7. The number of alkyl halides is 3. The van der Waals surface area contributed by atoms with Crippen LogP contribution in [0.5, 0.6) is 0 Å². The first-order valence-electron chi connectivity index (χ1n) is 7.97. The second-order valence-electron chi connectivity index (χ2n) is 6.01. The van der Waals surface area contributed by atoms with E-state index < -0.39 is 23.3 Å². The average Bonchev–Trinajstić information content (AvgIpc) is 2.57. The lowest BCUT2D eigenvalue weighted by molar-refractivity contribution is -0.138. The summed E-state index contributed by atoms with van der Waals surface area (Å²) in [4.78, 5) is 15.9. The molecule has 1 aromatic carbocycles. The number of pyridine rings is 1. The third-order valence-electron chi connectivity index (χ3n) is 4.36. The Morgan fingerprint density at radius 2 is 2.00 bits per heavy atom. The SMILES string of the molecule is O=c1c(N=C=S)cc(C(F)(F)F)cn1[C@H]1CC[C@@H]1OCc1ccccc1. The molecule has 8 heteroatoms. The lowest BCUT2D eigenvalue weighted by Crippen LogP contribution is -2.41. The van der Waals surface area contributed by atoms with E-state index in [1.807, 2.05) is 35.5 Å². The van der Waals surface area contributed by atoms with Crippen LogP contribution in [-0.2, 0) is 17.5 Å². The minimum Gasteiger partial charge on any atom is -0.371 e. The van der Waals surface area contributed by atoms with Gasteiger partial charge in [-0.05, 0) is 36.7 Å². The van der Waals surface area contributed by atoms with Crippen molar-refractivity contribution in [3.05, 3.63) is 64.1 Å². The van der Waals surface area contributed by atoms with E-state index in [9.17, 15) is 18.0 Å². The number of aliphatic imine (C=N–C) groups is 1. The van der Waals surface area contributed by atoms with Gasteiger partial charge in [-0.2, -0.15) is 18.2 Å². The highest BCUT2D eigenvalue weighted by Crippen LogP contribution is 2.37. The Balaban J connectivity index is 1.86. The second kappa shape index (κ2) is 7.53. The molecule has 1 aromatic heterocycles. The van der Waals surface area contributed by atoms with Crippen LogP contribution in [0.4, 0.5) is 18.9 Å². The molecule has 136 valence electrons. The van der Waals surface area contributed by atoms with Gasteiger partial charge in [-0.3, -0.25) is 4.79 Å². The molecule has 0 aliphatic heterocycles. The summed E-state index contributed by atoms with van der Waals surface area (Å²) in [5.74, 6) is 0. The summed E-state index contributed by atoms with van der Waals surface area (Å²) in [6.07, 6.45) is -2.87. The Hall–Kier alpha value is -2.28. The normalized spacial score (nSPS) is 19.5. The molecule has 1 heterocycles. The molecule has 0 bridgehead atoms. The summed E-state index contributed by atoms with van der Waals surface area (Å²) in [7, 11) is 0. The van der Waals surface area contributed by atoms with Crippen LogP contribution in [0, 0.1) is 0 Å². The molecule has 1 aliphatic rings. The number of halogens is 3. The van der Waals surface area contributed by atoms with Gasteiger partial charge in [-0.1, -0.05) is 30.3 Å². The quantitative estimate of drug-likeness (QED) is 0.566. The first-order chi connectivity index (χ1) is 12.4. The van der Waals surface area contributed by atoms with E-state index in [4.69, 9.17) is 4.74 Å². The number of aromatic nitrogens is 1. The van der Waals surface area contributed by atoms with Crippen LogP contribution in [0.1, 0.15) is 30.0 Å². The van der Waals surface area contributed by atoms with Crippen molar-refractivity contribution in [2.24, 2.45) is 4.99 Å². The smallest absolute Gasteiger partial charge is 0.371 e. The molecule has 0 N–H and O–H groups in total. The van der Waals surface area contributed by atoms with Crippen molar-refractivity contribution in [3.8, 4) is 0 Å². The summed E-state index contributed by atoms with van der Waals surface area (Å²) in [5, 5.41) is 1.96. The monoisotopic (exact) mass is 380 g/mol. The van der Waals surface area contributed by atoms with Crippen molar-refractivity contribution in [2.45, 2.75) is 37.8 Å². The lowest BCUT2D eigenvalue weighted by Gasteiger charge is -2.38. The van der Waals surface area contributed by atoms with Crippen LogP contribution in [0.15, 0.2) is 52.4 Å².